The van der Waals surface area contributed by atoms with Crippen LogP contribution in [0.15, 0.2) is 30.3 Å². The van der Waals surface area contributed by atoms with E-state index in [1.54, 1.807) is 0 Å². The summed E-state index contributed by atoms with van der Waals surface area (Å²) in [5.74, 6) is 0.749. The molecule has 1 heterocycles. The average Bonchev–Trinajstić information content (AvgIpc) is 2.68. The first-order valence-corrected chi connectivity index (χ1v) is 6.32. The number of ether oxygens (including phenoxy) is 1. The fourth-order valence-electron chi connectivity index (χ4n) is 1.95. The number of carbonyl (C=O) groups is 1. The van der Waals surface area contributed by atoms with Crippen LogP contribution in [-0.4, -0.2) is 22.3 Å². The zero-order valence-corrected chi connectivity index (χ0v) is 11.5. The molecule has 0 radical (unpaired) electrons. The maximum atomic E-state index is 12.0. The molecular formula is C15H18N2O2. The Kier molecular flexibility index (Phi) is 4.00. The second kappa shape index (κ2) is 5.69. The van der Waals surface area contributed by atoms with E-state index in [2.05, 4.69) is 5.10 Å². The van der Waals surface area contributed by atoms with Crippen molar-refractivity contribution in [2.24, 2.45) is 0 Å². The highest BCUT2D eigenvalue weighted by Gasteiger charge is 2.10. The maximum absolute atomic E-state index is 12.0. The van der Waals surface area contributed by atoms with Crippen molar-refractivity contribution in [2.45, 2.75) is 27.2 Å². The molecule has 100 valence electrons. The Hall–Kier alpha value is -2.10. The first kappa shape index (κ1) is 13.3. The molecule has 0 aliphatic carbocycles. The van der Waals surface area contributed by atoms with Crippen molar-refractivity contribution in [3.63, 3.8) is 0 Å². The molecule has 0 spiro atoms. The van der Waals surface area contributed by atoms with Crippen molar-refractivity contribution in [3.8, 4) is 5.75 Å². The molecule has 0 atom stereocenters. The van der Waals surface area contributed by atoms with E-state index in [1.165, 1.54) is 4.68 Å². The number of hydrogen-bond acceptors (Lipinski definition) is 3. The summed E-state index contributed by atoms with van der Waals surface area (Å²) in [5, 5.41) is 4.16. The Morgan fingerprint density at radius 1 is 1.26 bits per heavy atom. The fourth-order valence-corrected chi connectivity index (χ4v) is 1.95. The Morgan fingerprint density at radius 3 is 2.68 bits per heavy atom. The van der Waals surface area contributed by atoms with Gasteiger partial charge in [-0.2, -0.15) is 5.10 Å². The standard InChI is InChI=1S/C15H18N2O2/c1-11-5-4-6-14(9-11)19-8-7-15(18)17-13(3)10-12(2)16-17/h4-6,9-10H,7-8H2,1-3H3. The lowest BCUT2D eigenvalue weighted by Crippen LogP contribution is -2.17. The van der Waals surface area contributed by atoms with Crippen molar-refractivity contribution in [1.82, 2.24) is 9.78 Å². The predicted octanol–water partition coefficient (Wildman–Crippen LogP) is 2.92. The van der Waals surface area contributed by atoms with E-state index >= 15 is 0 Å². The van der Waals surface area contributed by atoms with E-state index in [1.807, 2.05) is 51.1 Å². The van der Waals surface area contributed by atoms with Crippen LogP contribution in [0, 0.1) is 20.8 Å². The Bertz CT molecular complexity index is 588. The van der Waals surface area contributed by atoms with Gasteiger partial charge in [0.05, 0.1) is 18.7 Å². The number of carbonyl (C=O) groups excluding carboxylic acids is 1. The van der Waals surface area contributed by atoms with E-state index in [-0.39, 0.29) is 5.91 Å². The van der Waals surface area contributed by atoms with Crippen LogP contribution in [0.25, 0.3) is 0 Å². The van der Waals surface area contributed by atoms with Crippen LogP contribution in [0.2, 0.25) is 0 Å². The molecule has 0 saturated heterocycles. The first-order valence-electron chi connectivity index (χ1n) is 6.32. The third-order valence-corrected chi connectivity index (χ3v) is 2.82. The molecule has 0 bridgehead atoms. The van der Waals surface area contributed by atoms with Gasteiger partial charge in [-0.1, -0.05) is 12.1 Å². The molecule has 4 heteroatoms. The van der Waals surface area contributed by atoms with Gasteiger partial charge in [-0.05, 0) is 44.5 Å². The maximum Gasteiger partial charge on any atom is 0.250 e. The number of aryl methyl sites for hydroxylation is 3. The molecule has 1 aromatic carbocycles. The first-order chi connectivity index (χ1) is 9.06. The summed E-state index contributed by atoms with van der Waals surface area (Å²) in [6.07, 6.45) is 0.315. The smallest absolute Gasteiger partial charge is 0.250 e. The van der Waals surface area contributed by atoms with Crippen LogP contribution in [0.4, 0.5) is 0 Å². The Labute approximate surface area is 113 Å². The minimum Gasteiger partial charge on any atom is -0.493 e. The van der Waals surface area contributed by atoms with Crippen LogP contribution in [-0.2, 0) is 0 Å². The van der Waals surface area contributed by atoms with Gasteiger partial charge in [-0.3, -0.25) is 4.79 Å². The largest absolute Gasteiger partial charge is 0.493 e. The summed E-state index contributed by atoms with van der Waals surface area (Å²) >= 11 is 0. The second-order valence-corrected chi connectivity index (χ2v) is 4.65. The summed E-state index contributed by atoms with van der Waals surface area (Å²) in [6, 6.07) is 9.68. The SMILES string of the molecule is Cc1cccc(OCCC(=O)n2nc(C)cc2C)c1. The van der Waals surface area contributed by atoms with Crippen LogP contribution in [0.5, 0.6) is 5.75 Å². The molecule has 0 amide bonds. The van der Waals surface area contributed by atoms with Crippen LogP contribution in [0.1, 0.15) is 28.2 Å². The lowest BCUT2D eigenvalue weighted by atomic mass is 10.2. The minimum absolute atomic E-state index is 0.0433. The van der Waals surface area contributed by atoms with E-state index in [0.29, 0.717) is 13.0 Å². The molecule has 0 saturated carbocycles. The molecule has 4 nitrogen and oxygen atoms in total. The molecule has 0 aliphatic rings. The molecule has 19 heavy (non-hydrogen) atoms. The van der Waals surface area contributed by atoms with Gasteiger partial charge in [0.25, 0.3) is 5.91 Å². The predicted molar refractivity (Wildman–Crippen MR) is 73.6 cm³/mol. The van der Waals surface area contributed by atoms with Crippen LogP contribution in [0.3, 0.4) is 0 Å². The van der Waals surface area contributed by atoms with E-state index < -0.39 is 0 Å². The van der Waals surface area contributed by atoms with Gasteiger partial charge in [0.15, 0.2) is 0 Å². The highest BCUT2D eigenvalue weighted by molar-refractivity contribution is 5.78. The van der Waals surface area contributed by atoms with Gasteiger partial charge in [-0.25, -0.2) is 4.68 Å². The molecule has 2 rings (SSSR count). The van der Waals surface area contributed by atoms with Gasteiger partial charge >= 0.3 is 0 Å². The van der Waals surface area contributed by atoms with Crippen molar-refractivity contribution in [1.29, 1.82) is 0 Å². The Balaban J connectivity index is 1.89. The molecule has 0 unspecified atom stereocenters. The number of rotatable bonds is 4. The van der Waals surface area contributed by atoms with E-state index in [0.717, 1.165) is 22.7 Å². The average molecular weight is 258 g/mol. The van der Waals surface area contributed by atoms with Crippen molar-refractivity contribution >= 4 is 5.91 Å². The molecule has 1 aromatic heterocycles. The lowest BCUT2D eigenvalue weighted by Gasteiger charge is -2.07. The molecule has 0 fully saturated rings. The summed E-state index contributed by atoms with van der Waals surface area (Å²) in [5.41, 5.74) is 2.85. The lowest BCUT2D eigenvalue weighted by molar-refractivity contribution is 0.0862. The summed E-state index contributed by atoms with van der Waals surface area (Å²) in [7, 11) is 0. The van der Waals surface area contributed by atoms with Gasteiger partial charge in [0.1, 0.15) is 5.75 Å². The third kappa shape index (κ3) is 3.44. The van der Waals surface area contributed by atoms with Gasteiger partial charge in [0, 0.05) is 5.69 Å². The zero-order valence-electron chi connectivity index (χ0n) is 11.5. The monoisotopic (exact) mass is 258 g/mol. The van der Waals surface area contributed by atoms with Crippen LogP contribution < -0.4 is 4.74 Å². The number of aromatic nitrogens is 2. The number of nitrogens with zero attached hydrogens (tertiary/aromatic N) is 2. The van der Waals surface area contributed by atoms with Crippen molar-refractivity contribution in [2.75, 3.05) is 6.61 Å². The summed E-state index contributed by atoms with van der Waals surface area (Å²) < 4.78 is 7.00. The number of benzene rings is 1. The quantitative estimate of drug-likeness (QED) is 0.847. The van der Waals surface area contributed by atoms with Crippen molar-refractivity contribution in [3.05, 3.63) is 47.3 Å². The second-order valence-electron chi connectivity index (χ2n) is 4.65. The van der Waals surface area contributed by atoms with Crippen molar-refractivity contribution < 1.29 is 9.53 Å². The van der Waals surface area contributed by atoms with E-state index in [9.17, 15) is 4.79 Å². The summed E-state index contributed by atoms with van der Waals surface area (Å²) in [4.78, 5) is 12.0. The zero-order chi connectivity index (χ0) is 13.8. The third-order valence-electron chi connectivity index (χ3n) is 2.82. The molecule has 0 N–H and O–H groups in total. The Morgan fingerprint density at radius 2 is 2.05 bits per heavy atom. The molecule has 2 aromatic rings. The van der Waals surface area contributed by atoms with E-state index in [4.69, 9.17) is 4.74 Å². The van der Waals surface area contributed by atoms with Crippen LogP contribution >= 0.6 is 0 Å². The topological polar surface area (TPSA) is 44.1 Å². The molecule has 0 aliphatic heterocycles. The normalized spacial score (nSPS) is 10.5. The molecular weight excluding hydrogens is 240 g/mol. The minimum atomic E-state index is -0.0433. The van der Waals surface area contributed by atoms with Gasteiger partial charge < -0.3 is 4.74 Å². The highest BCUT2D eigenvalue weighted by atomic mass is 16.5. The fraction of sp³-hybridized carbons (Fsp3) is 0.333. The van der Waals surface area contributed by atoms with Gasteiger partial charge in [-0.15, -0.1) is 0 Å². The van der Waals surface area contributed by atoms with Gasteiger partial charge in [0.2, 0.25) is 0 Å². The highest BCUT2D eigenvalue weighted by Crippen LogP contribution is 2.12. The summed E-state index contributed by atoms with van der Waals surface area (Å²) in [6.45, 7) is 6.12. The number of hydrogen-bond donors (Lipinski definition) is 0.